The zero-order valence-corrected chi connectivity index (χ0v) is 12.0. The molecular formula is C11H15Cl2NO2S. The predicted molar refractivity (Wildman–Crippen MR) is 71.3 cm³/mol. The van der Waals surface area contributed by atoms with E-state index in [-0.39, 0.29) is 21.6 Å². The molecule has 0 aliphatic carbocycles. The molecule has 1 unspecified atom stereocenters. The Hall–Kier alpha value is -0.290. The fraction of sp³-hybridized carbons (Fsp3) is 0.455. The van der Waals surface area contributed by atoms with Crippen molar-refractivity contribution in [2.75, 3.05) is 5.75 Å². The molecule has 0 aliphatic rings. The number of hydrogen-bond donors (Lipinski definition) is 1. The Bertz CT molecular complexity index is 500. The highest BCUT2D eigenvalue weighted by Gasteiger charge is 2.21. The smallest absolute Gasteiger partial charge is 0.179 e. The lowest BCUT2D eigenvalue weighted by molar-refractivity contribution is 0.516. The van der Waals surface area contributed by atoms with Crippen LogP contribution in [0.25, 0.3) is 0 Å². The lowest BCUT2D eigenvalue weighted by atomic mass is 10.1. The molecule has 0 spiro atoms. The molecule has 0 heterocycles. The summed E-state index contributed by atoms with van der Waals surface area (Å²) >= 11 is 11.5. The Morgan fingerprint density at radius 3 is 2.29 bits per heavy atom. The van der Waals surface area contributed by atoms with Crippen molar-refractivity contribution in [2.24, 2.45) is 11.7 Å². The van der Waals surface area contributed by atoms with E-state index in [1.807, 2.05) is 13.8 Å². The minimum Gasteiger partial charge on any atom is -0.327 e. The van der Waals surface area contributed by atoms with Crippen LogP contribution in [0.5, 0.6) is 0 Å². The zero-order valence-electron chi connectivity index (χ0n) is 9.65. The van der Waals surface area contributed by atoms with E-state index in [9.17, 15) is 8.42 Å². The maximum absolute atomic E-state index is 12.0. The molecule has 0 fully saturated rings. The molecule has 6 heteroatoms. The van der Waals surface area contributed by atoms with Crippen molar-refractivity contribution in [3.63, 3.8) is 0 Å². The van der Waals surface area contributed by atoms with Gasteiger partial charge in [-0.15, -0.1) is 0 Å². The Morgan fingerprint density at radius 1 is 1.24 bits per heavy atom. The summed E-state index contributed by atoms with van der Waals surface area (Å²) in [5, 5.41) is 0.560. The van der Waals surface area contributed by atoms with Crippen LogP contribution in [0, 0.1) is 5.92 Å². The van der Waals surface area contributed by atoms with Crippen molar-refractivity contribution in [3.8, 4) is 0 Å². The minimum absolute atomic E-state index is 0.0946. The Labute approximate surface area is 112 Å². The first-order chi connectivity index (χ1) is 7.74. The molecule has 96 valence electrons. The molecule has 3 nitrogen and oxygen atoms in total. The summed E-state index contributed by atoms with van der Waals surface area (Å²) in [6.07, 6.45) is 0. The van der Waals surface area contributed by atoms with E-state index in [0.717, 1.165) is 0 Å². The molecule has 0 saturated carbocycles. The van der Waals surface area contributed by atoms with Gasteiger partial charge < -0.3 is 5.73 Å². The van der Waals surface area contributed by atoms with Crippen LogP contribution in [-0.2, 0) is 9.84 Å². The molecule has 17 heavy (non-hydrogen) atoms. The summed E-state index contributed by atoms with van der Waals surface area (Å²) in [6.45, 7) is 3.77. The highest BCUT2D eigenvalue weighted by molar-refractivity contribution is 7.91. The maximum Gasteiger partial charge on any atom is 0.179 e. The van der Waals surface area contributed by atoms with E-state index in [4.69, 9.17) is 28.9 Å². The third kappa shape index (κ3) is 3.85. The van der Waals surface area contributed by atoms with Crippen molar-refractivity contribution in [1.29, 1.82) is 0 Å². The van der Waals surface area contributed by atoms with Gasteiger partial charge in [-0.1, -0.05) is 37.0 Å². The van der Waals surface area contributed by atoms with Crippen molar-refractivity contribution >= 4 is 33.0 Å². The van der Waals surface area contributed by atoms with Crippen LogP contribution in [0.4, 0.5) is 0 Å². The number of rotatable bonds is 4. The van der Waals surface area contributed by atoms with Gasteiger partial charge >= 0.3 is 0 Å². The molecule has 0 bridgehead atoms. The van der Waals surface area contributed by atoms with Crippen LogP contribution in [0.1, 0.15) is 13.8 Å². The summed E-state index contributed by atoms with van der Waals surface area (Å²) < 4.78 is 24.1. The molecule has 0 aliphatic heterocycles. The summed E-state index contributed by atoms with van der Waals surface area (Å²) in [7, 11) is -3.41. The van der Waals surface area contributed by atoms with Crippen molar-refractivity contribution < 1.29 is 8.42 Å². The van der Waals surface area contributed by atoms with Crippen LogP contribution in [-0.4, -0.2) is 20.2 Å². The maximum atomic E-state index is 12.0. The lowest BCUT2D eigenvalue weighted by Crippen LogP contribution is -2.34. The minimum atomic E-state index is -3.41. The standard InChI is InChI=1S/C11H15Cl2NO2S/c1-7(2)11(14)6-17(15,16)8-3-4-9(12)10(13)5-8/h3-5,7,11H,6,14H2,1-2H3. The molecule has 0 aromatic heterocycles. The highest BCUT2D eigenvalue weighted by Crippen LogP contribution is 2.25. The fourth-order valence-corrected chi connectivity index (χ4v) is 3.23. The zero-order chi connectivity index (χ0) is 13.2. The van der Waals surface area contributed by atoms with Crippen LogP contribution in [0.3, 0.4) is 0 Å². The van der Waals surface area contributed by atoms with E-state index in [1.54, 1.807) is 0 Å². The summed E-state index contributed by atoms with van der Waals surface area (Å²) in [5.74, 6) is 0.00960. The average Bonchev–Trinajstić information content (AvgIpc) is 2.21. The molecule has 2 N–H and O–H groups in total. The fourth-order valence-electron chi connectivity index (χ4n) is 1.21. The Balaban J connectivity index is 3.01. The summed E-state index contributed by atoms with van der Waals surface area (Å²) in [5.41, 5.74) is 5.77. The number of nitrogens with two attached hydrogens (primary N) is 1. The van der Waals surface area contributed by atoms with Crippen LogP contribution >= 0.6 is 23.2 Å². The first-order valence-electron chi connectivity index (χ1n) is 5.17. The second kappa shape index (κ2) is 5.57. The Kier molecular flexibility index (Phi) is 4.84. The van der Waals surface area contributed by atoms with E-state index in [1.165, 1.54) is 18.2 Å². The van der Waals surface area contributed by atoms with E-state index in [2.05, 4.69) is 0 Å². The van der Waals surface area contributed by atoms with Crippen molar-refractivity contribution in [1.82, 2.24) is 0 Å². The van der Waals surface area contributed by atoms with Crippen LogP contribution in [0.2, 0.25) is 10.0 Å². The van der Waals surface area contributed by atoms with Gasteiger partial charge in [0.2, 0.25) is 0 Å². The van der Waals surface area contributed by atoms with Gasteiger partial charge in [-0.2, -0.15) is 0 Å². The summed E-state index contributed by atoms with van der Waals surface area (Å²) in [6, 6.07) is 3.87. The van der Waals surface area contributed by atoms with Gasteiger partial charge in [0, 0.05) is 6.04 Å². The quantitative estimate of drug-likeness (QED) is 0.929. The van der Waals surface area contributed by atoms with Gasteiger partial charge in [-0.25, -0.2) is 8.42 Å². The topological polar surface area (TPSA) is 60.2 Å². The second-order valence-electron chi connectivity index (χ2n) is 4.27. The normalized spacial score (nSPS) is 14.0. The number of hydrogen-bond acceptors (Lipinski definition) is 3. The first kappa shape index (κ1) is 14.8. The average molecular weight is 296 g/mol. The highest BCUT2D eigenvalue weighted by atomic mass is 35.5. The number of halogens is 2. The second-order valence-corrected chi connectivity index (χ2v) is 7.11. The van der Waals surface area contributed by atoms with Gasteiger partial charge in [0.25, 0.3) is 0 Å². The monoisotopic (exact) mass is 295 g/mol. The van der Waals surface area contributed by atoms with Gasteiger partial charge in [0.15, 0.2) is 9.84 Å². The molecule has 1 rings (SSSR count). The van der Waals surface area contributed by atoms with Gasteiger partial charge in [-0.05, 0) is 24.1 Å². The van der Waals surface area contributed by atoms with Gasteiger partial charge in [0.1, 0.15) is 0 Å². The molecule has 1 aromatic rings. The molecule has 1 aromatic carbocycles. The molecule has 1 atom stereocenters. The van der Waals surface area contributed by atoms with E-state index < -0.39 is 15.9 Å². The third-order valence-electron chi connectivity index (χ3n) is 2.52. The predicted octanol–water partition coefficient (Wildman–Crippen LogP) is 2.75. The molecule has 0 radical (unpaired) electrons. The SMILES string of the molecule is CC(C)C(N)CS(=O)(=O)c1ccc(Cl)c(Cl)c1. The summed E-state index contributed by atoms with van der Waals surface area (Å²) in [4.78, 5) is 0.156. The van der Waals surface area contributed by atoms with E-state index in [0.29, 0.717) is 5.02 Å². The van der Waals surface area contributed by atoms with E-state index >= 15 is 0 Å². The number of benzene rings is 1. The number of sulfone groups is 1. The van der Waals surface area contributed by atoms with Crippen molar-refractivity contribution in [3.05, 3.63) is 28.2 Å². The van der Waals surface area contributed by atoms with Gasteiger partial charge in [-0.3, -0.25) is 0 Å². The lowest BCUT2D eigenvalue weighted by Gasteiger charge is -2.15. The van der Waals surface area contributed by atoms with Crippen LogP contribution < -0.4 is 5.73 Å². The van der Waals surface area contributed by atoms with Gasteiger partial charge in [0.05, 0.1) is 20.7 Å². The third-order valence-corrected chi connectivity index (χ3v) is 5.05. The Morgan fingerprint density at radius 2 is 1.82 bits per heavy atom. The molecule has 0 amide bonds. The van der Waals surface area contributed by atoms with Crippen LogP contribution in [0.15, 0.2) is 23.1 Å². The molecule has 0 saturated heterocycles. The largest absolute Gasteiger partial charge is 0.327 e. The van der Waals surface area contributed by atoms with Crippen molar-refractivity contribution in [2.45, 2.75) is 24.8 Å². The first-order valence-corrected chi connectivity index (χ1v) is 7.58. The molecular weight excluding hydrogens is 281 g/mol.